The van der Waals surface area contributed by atoms with Crippen LogP contribution < -0.4 is 5.32 Å². The third kappa shape index (κ3) is 4.24. The Labute approximate surface area is 158 Å². The first-order chi connectivity index (χ1) is 13.2. The summed E-state index contributed by atoms with van der Waals surface area (Å²) in [4.78, 5) is 22.8. The summed E-state index contributed by atoms with van der Waals surface area (Å²) in [6, 6.07) is 2.09. The van der Waals surface area contributed by atoms with Crippen LogP contribution in [0.4, 0.5) is 5.82 Å². The Morgan fingerprint density at radius 1 is 1.33 bits per heavy atom. The van der Waals surface area contributed by atoms with Crippen LogP contribution in [-0.4, -0.2) is 43.6 Å². The normalized spacial score (nSPS) is 17.8. The van der Waals surface area contributed by atoms with Crippen molar-refractivity contribution in [3.8, 4) is 0 Å². The first-order valence-electron chi connectivity index (χ1n) is 9.40. The highest BCUT2D eigenvalue weighted by atomic mass is 16.2. The van der Waals surface area contributed by atoms with E-state index in [0.29, 0.717) is 5.92 Å². The molecule has 1 amide bonds. The number of hydrogen-bond donors (Lipinski definition) is 1. The average Bonchev–Trinajstić information content (AvgIpc) is 3.19. The van der Waals surface area contributed by atoms with Gasteiger partial charge in [-0.05, 0) is 54.9 Å². The molecule has 27 heavy (non-hydrogen) atoms. The molecule has 2 aromatic heterocycles. The van der Waals surface area contributed by atoms with Gasteiger partial charge in [-0.15, -0.1) is 0 Å². The van der Waals surface area contributed by atoms with E-state index < -0.39 is 0 Å². The predicted octanol–water partition coefficient (Wildman–Crippen LogP) is 2.50. The summed E-state index contributed by atoms with van der Waals surface area (Å²) in [6.45, 7) is 6.40. The Morgan fingerprint density at radius 3 is 2.96 bits per heavy atom. The zero-order valence-corrected chi connectivity index (χ0v) is 15.3. The molecule has 1 N–H and O–H groups in total. The highest BCUT2D eigenvalue weighted by Gasteiger charge is 2.22. The van der Waals surface area contributed by atoms with Crippen molar-refractivity contribution in [2.75, 3.05) is 18.4 Å². The van der Waals surface area contributed by atoms with Gasteiger partial charge in [-0.1, -0.05) is 6.58 Å². The number of hydrogen-bond acceptors (Lipinski definition) is 5. The molecule has 4 heterocycles. The number of aromatic nitrogens is 4. The molecule has 0 saturated carbocycles. The fourth-order valence-corrected chi connectivity index (χ4v) is 3.64. The molecular formula is C20H24N6O. The van der Waals surface area contributed by atoms with Gasteiger partial charge < -0.3 is 10.2 Å². The van der Waals surface area contributed by atoms with Gasteiger partial charge in [-0.3, -0.25) is 9.48 Å². The van der Waals surface area contributed by atoms with Crippen molar-refractivity contribution >= 4 is 17.8 Å². The van der Waals surface area contributed by atoms with Crippen LogP contribution in [0.5, 0.6) is 0 Å². The number of nitrogens with zero attached hydrogens (tertiary/aromatic N) is 5. The number of carbonyl (C=O) groups excluding carboxylic acids is 1. The van der Waals surface area contributed by atoms with Crippen LogP contribution >= 0.6 is 0 Å². The Kier molecular flexibility index (Phi) is 5.00. The van der Waals surface area contributed by atoms with Gasteiger partial charge in [-0.25, -0.2) is 9.97 Å². The molecule has 0 spiro atoms. The quantitative estimate of drug-likeness (QED) is 0.844. The molecule has 140 valence electrons. The highest BCUT2D eigenvalue weighted by molar-refractivity contribution is 5.91. The van der Waals surface area contributed by atoms with Crippen LogP contribution in [0.1, 0.15) is 30.4 Å². The lowest BCUT2D eigenvalue weighted by molar-refractivity contribution is -0.127. The number of allylic oxidation sites excluding steroid dienone is 1. The largest absolute Gasteiger partial charge is 0.344 e. The number of rotatable bonds is 4. The van der Waals surface area contributed by atoms with Gasteiger partial charge in [0.1, 0.15) is 18.5 Å². The van der Waals surface area contributed by atoms with E-state index in [1.165, 1.54) is 5.56 Å². The third-order valence-corrected chi connectivity index (χ3v) is 5.24. The minimum Gasteiger partial charge on any atom is -0.344 e. The molecule has 7 heteroatoms. The first-order valence-corrected chi connectivity index (χ1v) is 9.40. The van der Waals surface area contributed by atoms with E-state index in [1.807, 2.05) is 15.7 Å². The topological polar surface area (TPSA) is 75.9 Å². The fourth-order valence-electron chi connectivity index (χ4n) is 3.64. The van der Waals surface area contributed by atoms with E-state index in [9.17, 15) is 4.79 Å². The third-order valence-electron chi connectivity index (χ3n) is 5.24. The molecule has 2 aromatic rings. The molecule has 2 aliphatic heterocycles. The second kappa shape index (κ2) is 7.73. The number of anilines is 1. The highest BCUT2D eigenvalue weighted by Crippen LogP contribution is 2.25. The molecule has 0 aliphatic carbocycles. The molecule has 0 aromatic carbocycles. The Hall–Kier alpha value is -2.96. The SMILES string of the molecule is C=C1CCc2cc(/C=C/C(=O)N3CCC(Cn4cncn4)CC3)cnc2N1. The van der Waals surface area contributed by atoms with Crippen LogP contribution in [0.15, 0.2) is 43.3 Å². The predicted molar refractivity (Wildman–Crippen MR) is 104 cm³/mol. The van der Waals surface area contributed by atoms with Gasteiger partial charge in [0, 0.05) is 37.6 Å². The number of fused-ring (bicyclic) bond motifs is 1. The number of carbonyl (C=O) groups is 1. The summed E-state index contributed by atoms with van der Waals surface area (Å²) in [5.74, 6) is 1.49. The molecule has 4 rings (SSSR count). The van der Waals surface area contributed by atoms with Gasteiger partial charge in [-0.2, -0.15) is 5.10 Å². The maximum absolute atomic E-state index is 12.5. The molecule has 0 radical (unpaired) electrons. The number of amides is 1. The van der Waals surface area contributed by atoms with Gasteiger partial charge in [0.15, 0.2) is 0 Å². The van der Waals surface area contributed by atoms with Crippen LogP contribution in [0.25, 0.3) is 6.08 Å². The summed E-state index contributed by atoms with van der Waals surface area (Å²) in [5, 5.41) is 7.37. The smallest absolute Gasteiger partial charge is 0.246 e. The Balaban J connectivity index is 1.31. The average molecular weight is 364 g/mol. The van der Waals surface area contributed by atoms with Crippen molar-refractivity contribution in [2.24, 2.45) is 5.92 Å². The maximum Gasteiger partial charge on any atom is 0.246 e. The van der Waals surface area contributed by atoms with E-state index in [4.69, 9.17) is 0 Å². The van der Waals surface area contributed by atoms with Gasteiger partial charge in [0.05, 0.1) is 0 Å². The molecular weight excluding hydrogens is 340 g/mol. The molecule has 0 unspecified atom stereocenters. The lowest BCUT2D eigenvalue weighted by Crippen LogP contribution is -2.38. The van der Waals surface area contributed by atoms with Gasteiger partial charge in [0.2, 0.25) is 5.91 Å². The van der Waals surface area contributed by atoms with Crippen molar-refractivity contribution in [1.82, 2.24) is 24.6 Å². The molecule has 1 saturated heterocycles. The monoisotopic (exact) mass is 364 g/mol. The molecule has 2 aliphatic rings. The van der Waals surface area contributed by atoms with Crippen molar-refractivity contribution in [3.05, 3.63) is 54.4 Å². The second-order valence-corrected chi connectivity index (χ2v) is 7.22. The summed E-state index contributed by atoms with van der Waals surface area (Å²) < 4.78 is 1.87. The molecule has 1 fully saturated rings. The standard InChI is InChI=1S/C20H24N6O/c1-15-2-4-18-10-17(11-22-20(18)24-15)3-5-19(27)25-8-6-16(7-9-25)12-26-14-21-13-23-26/h3,5,10-11,13-14,16H,1-2,4,6-9,12H2,(H,22,24)/b5-3+. The minimum atomic E-state index is 0.0680. The Bertz CT molecular complexity index is 849. The van der Waals surface area contributed by atoms with Gasteiger partial charge >= 0.3 is 0 Å². The van der Waals surface area contributed by atoms with E-state index in [-0.39, 0.29) is 5.91 Å². The number of piperidine rings is 1. The summed E-state index contributed by atoms with van der Waals surface area (Å²) >= 11 is 0. The minimum absolute atomic E-state index is 0.0680. The zero-order valence-electron chi connectivity index (χ0n) is 15.3. The van der Waals surface area contributed by atoms with E-state index in [2.05, 4.69) is 33.0 Å². The van der Waals surface area contributed by atoms with Crippen LogP contribution in [0.2, 0.25) is 0 Å². The van der Waals surface area contributed by atoms with Crippen LogP contribution in [-0.2, 0) is 17.8 Å². The van der Waals surface area contributed by atoms with E-state index >= 15 is 0 Å². The van der Waals surface area contributed by atoms with E-state index in [1.54, 1.807) is 24.9 Å². The number of pyridine rings is 1. The summed E-state index contributed by atoms with van der Waals surface area (Å²) in [6.07, 6.45) is 12.5. The molecule has 0 bridgehead atoms. The van der Waals surface area contributed by atoms with Gasteiger partial charge in [0.25, 0.3) is 0 Å². The summed E-state index contributed by atoms with van der Waals surface area (Å²) in [7, 11) is 0. The van der Waals surface area contributed by atoms with Crippen molar-refractivity contribution in [2.45, 2.75) is 32.2 Å². The maximum atomic E-state index is 12.5. The fraction of sp³-hybridized carbons (Fsp3) is 0.400. The van der Waals surface area contributed by atoms with Crippen molar-refractivity contribution in [3.63, 3.8) is 0 Å². The zero-order chi connectivity index (χ0) is 18.6. The molecule has 0 atom stereocenters. The second-order valence-electron chi connectivity index (χ2n) is 7.22. The van der Waals surface area contributed by atoms with Crippen LogP contribution in [0.3, 0.4) is 0 Å². The van der Waals surface area contributed by atoms with Crippen LogP contribution in [0, 0.1) is 5.92 Å². The lowest BCUT2D eigenvalue weighted by atomic mass is 9.97. The number of likely N-dealkylation sites (tertiary alicyclic amines) is 1. The molecule has 7 nitrogen and oxygen atoms in total. The number of nitrogens with one attached hydrogen (secondary N) is 1. The lowest BCUT2D eigenvalue weighted by Gasteiger charge is -2.31. The van der Waals surface area contributed by atoms with Crippen molar-refractivity contribution in [1.29, 1.82) is 0 Å². The number of aryl methyl sites for hydroxylation is 1. The first kappa shape index (κ1) is 17.5. The Morgan fingerprint density at radius 2 is 2.19 bits per heavy atom. The van der Waals surface area contributed by atoms with E-state index in [0.717, 1.165) is 62.4 Å². The van der Waals surface area contributed by atoms with Crippen molar-refractivity contribution < 1.29 is 4.79 Å². The summed E-state index contributed by atoms with van der Waals surface area (Å²) in [5.41, 5.74) is 3.13.